The second kappa shape index (κ2) is 10.6. The summed E-state index contributed by atoms with van der Waals surface area (Å²) in [5.41, 5.74) is 1.72. The van der Waals surface area contributed by atoms with Crippen LogP contribution in [0.4, 0.5) is 13.6 Å². The van der Waals surface area contributed by atoms with Gasteiger partial charge in [-0.1, -0.05) is 0 Å². The predicted octanol–water partition coefficient (Wildman–Crippen LogP) is 4.42. The number of nitrogens with zero attached hydrogens (tertiary/aromatic N) is 3. The minimum atomic E-state index is -0.668. The van der Waals surface area contributed by atoms with E-state index in [9.17, 15) is 13.6 Å². The number of halogens is 2. The molecule has 180 valence electrons. The molecule has 7 nitrogen and oxygen atoms in total. The molecule has 0 bridgehead atoms. The van der Waals surface area contributed by atoms with Crippen LogP contribution in [0.3, 0.4) is 0 Å². The van der Waals surface area contributed by atoms with Gasteiger partial charge in [0.2, 0.25) is 0 Å². The number of rotatable bonds is 10. The molecule has 1 aromatic heterocycles. The topological polar surface area (TPSA) is 64.1 Å². The SMILES string of the molecule is COc1ccc2nccc(C3CN(CCCN(C)CCOc4cc(F)cc(F)c4)C(=O)O3)c2c1. The lowest BCUT2D eigenvalue weighted by Gasteiger charge is -2.19. The zero-order valence-corrected chi connectivity index (χ0v) is 19.2. The normalized spacial score (nSPS) is 15.7. The van der Waals surface area contributed by atoms with E-state index in [2.05, 4.69) is 4.98 Å². The molecule has 1 atom stereocenters. The standard InChI is InChI=1S/C25H27F2N3O4/c1-29(10-11-33-20-13-17(26)12-18(27)14-20)8-3-9-30-16-24(34-25(30)31)21-6-7-28-23-5-4-19(32-2)15-22(21)23/h4-7,12-15,24H,3,8-11,16H2,1-2H3. The van der Waals surface area contributed by atoms with Crippen LogP contribution in [-0.4, -0.2) is 67.8 Å². The summed E-state index contributed by atoms with van der Waals surface area (Å²) >= 11 is 0. The number of likely N-dealkylation sites (N-methyl/N-ethyl adjacent to an activating group) is 1. The summed E-state index contributed by atoms with van der Waals surface area (Å²) in [6, 6.07) is 10.6. The van der Waals surface area contributed by atoms with Crippen LogP contribution in [0, 0.1) is 11.6 Å². The monoisotopic (exact) mass is 471 g/mol. The highest BCUT2D eigenvalue weighted by Crippen LogP contribution is 2.32. The molecular formula is C25H27F2N3O4. The van der Waals surface area contributed by atoms with Gasteiger partial charge in [0.1, 0.15) is 35.8 Å². The van der Waals surface area contributed by atoms with Crippen molar-refractivity contribution in [1.29, 1.82) is 0 Å². The lowest BCUT2D eigenvalue weighted by molar-refractivity contribution is 0.132. The maximum Gasteiger partial charge on any atom is 0.410 e. The zero-order valence-electron chi connectivity index (χ0n) is 19.2. The van der Waals surface area contributed by atoms with Crippen LogP contribution in [0.2, 0.25) is 0 Å². The molecule has 1 saturated heterocycles. The first-order chi connectivity index (χ1) is 16.4. The average Bonchev–Trinajstić information content (AvgIpc) is 3.17. The van der Waals surface area contributed by atoms with Crippen LogP contribution in [0.5, 0.6) is 11.5 Å². The molecule has 0 spiro atoms. The summed E-state index contributed by atoms with van der Waals surface area (Å²) in [4.78, 5) is 20.6. The maximum atomic E-state index is 13.2. The summed E-state index contributed by atoms with van der Waals surface area (Å²) < 4.78 is 42.9. The molecule has 1 unspecified atom stereocenters. The quantitative estimate of drug-likeness (QED) is 0.436. The fourth-order valence-corrected chi connectivity index (χ4v) is 3.98. The Balaban J connectivity index is 1.25. The number of aromatic nitrogens is 1. The van der Waals surface area contributed by atoms with Gasteiger partial charge in [-0.25, -0.2) is 13.6 Å². The van der Waals surface area contributed by atoms with Gasteiger partial charge in [-0.3, -0.25) is 4.98 Å². The molecule has 4 rings (SSSR count). The summed E-state index contributed by atoms with van der Waals surface area (Å²) in [7, 11) is 3.54. The molecule has 0 aliphatic carbocycles. The van der Waals surface area contributed by atoms with Crippen LogP contribution in [0.1, 0.15) is 18.1 Å². The summed E-state index contributed by atoms with van der Waals surface area (Å²) in [6.07, 6.45) is 1.76. The van der Waals surface area contributed by atoms with Crippen molar-refractivity contribution < 1.29 is 27.8 Å². The lowest BCUT2D eigenvalue weighted by atomic mass is 10.0. The first-order valence-electron chi connectivity index (χ1n) is 11.1. The van der Waals surface area contributed by atoms with Crippen molar-refractivity contribution in [2.45, 2.75) is 12.5 Å². The molecule has 3 aromatic rings. The van der Waals surface area contributed by atoms with Crippen LogP contribution >= 0.6 is 0 Å². The molecule has 9 heteroatoms. The summed E-state index contributed by atoms with van der Waals surface area (Å²) in [6.45, 7) is 2.63. The van der Waals surface area contributed by atoms with Crippen molar-refractivity contribution in [3.63, 3.8) is 0 Å². The van der Waals surface area contributed by atoms with Crippen molar-refractivity contribution in [2.75, 3.05) is 46.9 Å². The van der Waals surface area contributed by atoms with E-state index in [-0.39, 0.29) is 17.9 Å². The fourth-order valence-electron chi connectivity index (χ4n) is 3.98. The predicted molar refractivity (Wildman–Crippen MR) is 123 cm³/mol. The van der Waals surface area contributed by atoms with Gasteiger partial charge in [-0.2, -0.15) is 0 Å². The number of hydrogen-bond donors (Lipinski definition) is 0. The molecule has 1 amide bonds. The molecule has 0 radical (unpaired) electrons. The van der Waals surface area contributed by atoms with Crippen molar-refractivity contribution in [2.24, 2.45) is 0 Å². The number of cyclic esters (lactones) is 1. The molecule has 1 aliphatic heterocycles. The number of hydrogen-bond acceptors (Lipinski definition) is 6. The lowest BCUT2D eigenvalue weighted by Crippen LogP contribution is -2.30. The molecule has 0 N–H and O–H groups in total. The number of benzene rings is 2. The van der Waals surface area contributed by atoms with Gasteiger partial charge >= 0.3 is 6.09 Å². The number of ether oxygens (including phenoxy) is 3. The highest BCUT2D eigenvalue weighted by molar-refractivity contribution is 5.84. The van der Waals surface area contributed by atoms with Crippen molar-refractivity contribution in [3.8, 4) is 11.5 Å². The molecule has 2 heterocycles. The second-order valence-electron chi connectivity index (χ2n) is 8.21. The van der Waals surface area contributed by atoms with E-state index in [0.717, 1.165) is 53.4 Å². The smallest absolute Gasteiger partial charge is 0.410 e. The Bertz CT molecular complexity index is 1140. The highest BCUT2D eigenvalue weighted by Gasteiger charge is 2.33. The first kappa shape index (κ1) is 23.7. The number of pyridine rings is 1. The third-order valence-corrected chi connectivity index (χ3v) is 5.76. The van der Waals surface area contributed by atoms with Crippen LogP contribution in [0.25, 0.3) is 10.9 Å². The Morgan fingerprint density at radius 3 is 2.68 bits per heavy atom. The van der Waals surface area contributed by atoms with Gasteiger partial charge in [0.15, 0.2) is 0 Å². The van der Waals surface area contributed by atoms with Gasteiger partial charge < -0.3 is 24.0 Å². The largest absolute Gasteiger partial charge is 0.497 e. The van der Waals surface area contributed by atoms with E-state index in [1.165, 1.54) is 0 Å². The molecule has 34 heavy (non-hydrogen) atoms. The molecule has 1 aliphatic rings. The van der Waals surface area contributed by atoms with E-state index in [4.69, 9.17) is 14.2 Å². The van der Waals surface area contributed by atoms with E-state index in [0.29, 0.717) is 26.2 Å². The Labute approximate surface area is 196 Å². The molecular weight excluding hydrogens is 444 g/mol. The number of amides is 1. The maximum absolute atomic E-state index is 13.2. The van der Waals surface area contributed by atoms with Crippen LogP contribution in [-0.2, 0) is 4.74 Å². The van der Waals surface area contributed by atoms with Gasteiger partial charge in [-0.15, -0.1) is 0 Å². The zero-order chi connectivity index (χ0) is 24.1. The van der Waals surface area contributed by atoms with Crippen molar-refractivity contribution in [3.05, 3.63) is 65.9 Å². The molecule has 1 fully saturated rings. The second-order valence-corrected chi connectivity index (χ2v) is 8.21. The third kappa shape index (κ3) is 5.72. The minimum absolute atomic E-state index is 0.165. The van der Waals surface area contributed by atoms with Gasteiger partial charge in [0.25, 0.3) is 0 Å². The molecule has 2 aromatic carbocycles. The summed E-state index contributed by atoms with van der Waals surface area (Å²) in [5, 5.41) is 0.902. The third-order valence-electron chi connectivity index (χ3n) is 5.76. The van der Waals surface area contributed by atoms with E-state index >= 15 is 0 Å². The van der Waals surface area contributed by atoms with Gasteiger partial charge in [0, 0.05) is 48.4 Å². The Morgan fingerprint density at radius 2 is 1.91 bits per heavy atom. The Kier molecular flexibility index (Phi) is 7.42. The van der Waals surface area contributed by atoms with Crippen LogP contribution in [0.15, 0.2) is 48.7 Å². The van der Waals surface area contributed by atoms with Crippen molar-refractivity contribution >= 4 is 17.0 Å². The van der Waals surface area contributed by atoms with Crippen molar-refractivity contribution in [1.82, 2.24) is 14.8 Å². The number of carbonyl (C=O) groups is 1. The summed E-state index contributed by atoms with van der Waals surface area (Å²) in [5.74, 6) is -0.452. The highest BCUT2D eigenvalue weighted by atomic mass is 19.1. The van der Waals surface area contributed by atoms with Gasteiger partial charge in [0.05, 0.1) is 19.2 Å². The minimum Gasteiger partial charge on any atom is -0.497 e. The van der Waals surface area contributed by atoms with E-state index in [1.807, 2.05) is 36.2 Å². The number of fused-ring (bicyclic) bond motifs is 1. The van der Waals surface area contributed by atoms with Crippen LogP contribution < -0.4 is 9.47 Å². The van der Waals surface area contributed by atoms with E-state index in [1.54, 1.807) is 18.2 Å². The molecule has 0 saturated carbocycles. The van der Waals surface area contributed by atoms with Gasteiger partial charge in [-0.05, 0) is 44.3 Å². The number of methoxy groups -OCH3 is 1. The first-order valence-corrected chi connectivity index (χ1v) is 11.1. The Hall–Kier alpha value is -3.46. The van der Waals surface area contributed by atoms with E-state index < -0.39 is 11.6 Å². The number of carbonyl (C=O) groups excluding carboxylic acids is 1. The Morgan fingerprint density at radius 1 is 1.12 bits per heavy atom. The fraction of sp³-hybridized carbons (Fsp3) is 0.360. The average molecular weight is 472 g/mol.